The Hall–Kier alpha value is -1.14. The molecule has 0 bridgehead atoms. The Labute approximate surface area is 121 Å². The summed E-state index contributed by atoms with van der Waals surface area (Å²) < 4.78 is 5.45. The number of hydrogen-bond acceptors (Lipinski definition) is 5. The lowest BCUT2D eigenvalue weighted by atomic mass is 10.1. The third kappa shape index (κ3) is 7.45. The SMILES string of the molecule is CN(C)CC(C)(O)CNCC(O)COc1ccccc1. The molecule has 0 aliphatic carbocycles. The molecule has 3 N–H and O–H groups in total. The van der Waals surface area contributed by atoms with E-state index in [-0.39, 0.29) is 6.61 Å². The van der Waals surface area contributed by atoms with Gasteiger partial charge in [0.05, 0.1) is 5.60 Å². The van der Waals surface area contributed by atoms with Gasteiger partial charge in [0.2, 0.25) is 0 Å². The van der Waals surface area contributed by atoms with Crippen LogP contribution in [0.15, 0.2) is 30.3 Å². The zero-order valence-electron chi connectivity index (χ0n) is 12.5. The van der Waals surface area contributed by atoms with E-state index in [1.165, 1.54) is 0 Å². The van der Waals surface area contributed by atoms with Crippen molar-refractivity contribution >= 4 is 0 Å². The molecule has 2 unspecified atom stereocenters. The molecule has 0 aromatic heterocycles. The van der Waals surface area contributed by atoms with Gasteiger partial charge in [-0.3, -0.25) is 0 Å². The van der Waals surface area contributed by atoms with E-state index in [9.17, 15) is 10.2 Å². The average molecular weight is 282 g/mol. The fourth-order valence-electron chi connectivity index (χ4n) is 2.01. The summed E-state index contributed by atoms with van der Waals surface area (Å²) in [5, 5.41) is 23.0. The normalized spacial score (nSPS) is 15.9. The minimum Gasteiger partial charge on any atom is -0.491 e. The van der Waals surface area contributed by atoms with Crippen molar-refractivity contribution < 1.29 is 14.9 Å². The van der Waals surface area contributed by atoms with E-state index >= 15 is 0 Å². The Morgan fingerprint density at radius 1 is 1.30 bits per heavy atom. The van der Waals surface area contributed by atoms with Crippen LogP contribution in [0.1, 0.15) is 6.92 Å². The minimum atomic E-state index is -0.816. The second-order valence-corrected chi connectivity index (χ2v) is 5.64. The number of nitrogens with one attached hydrogen (secondary N) is 1. The van der Waals surface area contributed by atoms with Crippen molar-refractivity contribution in [2.24, 2.45) is 0 Å². The van der Waals surface area contributed by atoms with Crippen molar-refractivity contribution in [3.05, 3.63) is 30.3 Å². The highest BCUT2D eigenvalue weighted by molar-refractivity contribution is 5.20. The molecule has 0 aliphatic heterocycles. The predicted molar refractivity (Wildman–Crippen MR) is 80.0 cm³/mol. The van der Waals surface area contributed by atoms with Gasteiger partial charge in [0.15, 0.2) is 0 Å². The molecule has 2 atom stereocenters. The lowest BCUT2D eigenvalue weighted by Gasteiger charge is -2.27. The van der Waals surface area contributed by atoms with Gasteiger partial charge in [-0.15, -0.1) is 0 Å². The molecule has 5 nitrogen and oxygen atoms in total. The van der Waals surface area contributed by atoms with Gasteiger partial charge in [0, 0.05) is 19.6 Å². The van der Waals surface area contributed by atoms with Crippen molar-refractivity contribution in [1.29, 1.82) is 0 Å². The molecule has 5 heteroatoms. The highest BCUT2D eigenvalue weighted by Gasteiger charge is 2.21. The lowest BCUT2D eigenvalue weighted by molar-refractivity contribution is 0.0286. The second kappa shape index (κ2) is 8.21. The number of aliphatic hydroxyl groups excluding tert-OH is 1. The molecule has 1 rings (SSSR count). The van der Waals surface area contributed by atoms with Crippen LogP contribution in [-0.2, 0) is 0 Å². The predicted octanol–water partition coefficient (Wildman–Crippen LogP) is 0.329. The highest BCUT2D eigenvalue weighted by Crippen LogP contribution is 2.08. The summed E-state index contributed by atoms with van der Waals surface area (Å²) in [5.74, 6) is 0.742. The minimum absolute atomic E-state index is 0.229. The topological polar surface area (TPSA) is 65.0 Å². The first-order valence-corrected chi connectivity index (χ1v) is 6.83. The van der Waals surface area contributed by atoms with Crippen molar-refractivity contribution in [3.63, 3.8) is 0 Å². The van der Waals surface area contributed by atoms with Crippen LogP contribution >= 0.6 is 0 Å². The summed E-state index contributed by atoms with van der Waals surface area (Å²) in [4.78, 5) is 1.93. The molecule has 0 amide bonds. The van der Waals surface area contributed by atoms with E-state index < -0.39 is 11.7 Å². The van der Waals surface area contributed by atoms with Gasteiger partial charge in [-0.25, -0.2) is 0 Å². The van der Waals surface area contributed by atoms with Crippen LogP contribution < -0.4 is 10.1 Å². The highest BCUT2D eigenvalue weighted by atomic mass is 16.5. The van der Waals surface area contributed by atoms with Crippen molar-refractivity contribution in [2.45, 2.75) is 18.6 Å². The lowest BCUT2D eigenvalue weighted by Crippen LogP contribution is -2.47. The van der Waals surface area contributed by atoms with Crippen LogP contribution in [0, 0.1) is 0 Å². The molecule has 0 fully saturated rings. The molecule has 0 heterocycles. The maximum atomic E-state index is 10.1. The van der Waals surface area contributed by atoms with Crippen LogP contribution in [0.4, 0.5) is 0 Å². The Kier molecular flexibility index (Phi) is 6.95. The first kappa shape index (κ1) is 16.9. The first-order valence-electron chi connectivity index (χ1n) is 6.83. The smallest absolute Gasteiger partial charge is 0.119 e. The zero-order valence-corrected chi connectivity index (χ0v) is 12.5. The molecule has 0 saturated heterocycles. The molecular formula is C15H26N2O3. The molecule has 0 spiro atoms. The molecule has 114 valence electrons. The van der Waals surface area contributed by atoms with E-state index in [0.717, 1.165) is 5.75 Å². The molecule has 1 aromatic carbocycles. The monoisotopic (exact) mass is 282 g/mol. The Bertz CT molecular complexity index is 369. The van der Waals surface area contributed by atoms with Gasteiger partial charge in [-0.1, -0.05) is 18.2 Å². The summed E-state index contributed by atoms with van der Waals surface area (Å²) in [6.45, 7) is 3.38. The third-order valence-electron chi connectivity index (χ3n) is 2.73. The number of benzene rings is 1. The van der Waals surface area contributed by atoms with Crippen LogP contribution in [0.3, 0.4) is 0 Å². The molecule has 20 heavy (non-hydrogen) atoms. The number of rotatable bonds is 9. The number of para-hydroxylation sites is 1. The number of nitrogens with zero attached hydrogens (tertiary/aromatic N) is 1. The van der Waals surface area contributed by atoms with Crippen molar-refractivity contribution in [3.8, 4) is 5.75 Å². The van der Waals surface area contributed by atoms with Gasteiger partial charge < -0.3 is 25.2 Å². The Morgan fingerprint density at radius 3 is 2.55 bits per heavy atom. The molecule has 0 saturated carbocycles. The summed E-state index contributed by atoms with van der Waals surface area (Å²) in [6.07, 6.45) is -0.606. The number of likely N-dealkylation sites (N-methyl/N-ethyl adjacent to an activating group) is 1. The van der Waals surface area contributed by atoms with E-state index in [4.69, 9.17) is 4.74 Å². The molecule has 0 aliphatic rings. The third-order valence-corrected chi connectivity index (χ3v) is 2.73. The summed E-state index contributed by atoms with van der Waals surface area (Å²) in [7, 11) is 3.83. The van der Waals surface area contributed by atoms with Gasteiger partial charge in [0.25, 0.3) is 0 Å². The standard InChI is InChI=1S/C15H26N2O3/c1-15(19,12-17(2)3)11-16-9-13(18)10-20-14-7-5-4-6-8-14/h4-8,13,16,18-19H,9-12H2,1-3H3. The van der Waals surface area contributed by atoms with Gasteiger partial charge in [0.1, 0.15) is 18.5 Å². The zero-order chi connectivity index (χ0) is 15.0. The molecule has 0 radical (unpaired) electrons. The van der Waals surface area contributed by atoms with Crippen molar-refractivity contribution in [2.75, 3.05) is 40.3 Å². The molecular weight excluding hydrogens is 256 g/mol. The summed E-state index contributed by atoms with van der Waals surface area (Å²) in [5.41, 5.74) is -0.816. The summed E-state index contributed by atoms with van der Waals surface area (Å²) >= 11 is 0. The van der Waals surface area contributed by atoms with E-state index in [2.05, 4.69) is 5.32 Å². The first-order chi connectivity index (χ1) is 9.39. The van der Waals surface area contributed by atoms with Crippen molar-refractivity contribution in [1.82, 2.24) is 10.2 Å². The molecule has 1 aromatic rings. The quantitative estimate of drug-likeness (QED) is 0.609. The fraction of sp³-hybridized carbons (Fsp3) is 0.600. The average Bonchev–Trinajstić information content (AvgIpc) is 2.36. The number of hydrogen-bond donors (Lipinski definition) is 3. The Morgan fingerprint density at radius 2 is 1.95 bits per heavy atom. The second-order valence-electron chi connectivity index (χ2n) is 5.64. The van der Waals surface area contributed by atoms with E-state index in [1.807, 2.05) is 49.3 Å². The van der Waals surface area contributed by atoms with Gasteiger partial charge in [-0.05, 0) is 33.2 Å². The number of aliphatic hydroxyl groups is 2. The van der Waals surface area contributed by atoms with Crippen LogP contribution in [0.2, 0.25) is 0 Å². The van der Waals surface area contributed by atoms with Crippen LogP contribution in [-0.4, -0.2) is 67.2 Å². The summed E-state index contributed by atoms with van der Waals surface area (Å²) in [6, 6.07) is 9.39. The van der Waals surface area contributed by atoms with E-state index in [1.54, 1.807) is 6.92 Å². The largest absolute Gasteiger partial charge is 0.491 e. The number of ether oxygens (including phenoxy) is 1. The maximum absolute atomic E-state index is 10.1. The van der Waals surface area contributed by atoms with Crippen LogP contribution in [0.5, 0.6) is 5.75 Å². The van der Waals surface area contributed by atoms with Crippen LogP contribution in [0.25, 0.3) is 0 Å². The van der Waals surface area contributed by atoms with E-state index in [0.29, 0.717) is 19.6 Å². The van der Waals surface area contributed by atoms with Gasteiger partial charge >= 0.3 is 0 Å². The Balaban J connectivity index is 2.18. The van der Waals surface area contributed by atoms with Gasteiger partial charge in [-0.2, -0.15) is 0 Å². The fourth-order valence-corrected chi connectivity index (χ4v) is 2.01. The maximum Gasteiger partial charge on any atom is 0.119 e.